The predicted octanol–water partition coefficient (Wildman–Crippen LogP) is 3.47. The van der Waals surface area contributed by atoms with Crippen LogP contribution in [0.5, 0.6) is 0 Å². The van der Waals surface area contributed by atoms with E-state index >= 15 is 0 Å². The maximum atomic E-state index is 13.0. The largest absolute Gasteiger partial charge is 0.336 e. The highest BCUT2D eigenvalue weighted by Gasteiger charge is 2.58. The number of benzene rings is 1. The van der Waals surface area contributed by atoms with Crippen molar-refractivity contribution in [2.45, 2.75) is 45.7 Å². The van der Waals surface area contributed by atoms with Crippen LogP contribution in [0.15, 0.2) is 24.3 Å². The molecule has 1 aromatic rings. The molecule has 0 radical (unpaired) electrons. The Balaban J connectivity index is 1.70. The number of hydrogen-bond acceptors (Lipinski definition) is 2. The van der Waals surface area contributed by atoms with Gasteiger partial charge < -0.3 is 10.2 Å². The fraction of sp³-hybridized carbons (Fsp3) is 0.611. The van der Waals surface area contributed by atoms with E-state index in [1.807, 2.05) is 29.2 Å². The van der Waals surface area contributed by atoms with Crippen LogP contribution in [0.3, 0.4) is 0 Å². The number of nitrogens with one attached hydrogen (secondary N) is 1. The molecule has 0 aromatic heterocycles. The van der Waals surface area contributed by atoms with E-state index in [4.69, 9.17) is 11.6 Å². The summed E-state index contributed by atoms with van der Waals surface area (Å²) in [5.74, 6) is 0.563. The van der Waals surface area contributed by atoms with E-state index in [0.29, 0.717) is 17.9 Å². The Hall–Kier alpha value is -1.06. The van der Waals surface area contributed by atoms with Crippen molar-refractivity contribution in [3.8, 4) is 0 Å². The maximum Gasteiger partial charge on any atom is 0.226 e. The number of carbonyl (C=O) groups is 1. The summed E-state index contributed by atoms with van der Waals surface area (Å²) in [4.78, 5) is 15.0. The van der Waals surface area contributed by atoms with E-state index < -0.39 is 0 Å². The van der Waals surface area contributed by atoms with Crippen molar-refractivity contribution in [2.75, 3.05) is 13.1 Å². The standard InChI is InChI=1S/C18H25ClN2O/c1-13(2)21(12-14-4-3-5-15(19)10-14)17(22)16-11-18(16)6-8-20-9-7-18/h3-5,10,13,16,20H,6-9,11-12H2,1-2H3. The van der Waals surface area contributed by atoms with Crippen LogP contribution in [0.4, 0.5) is 0 Å². The Labute approximate surface area is 138 Å². The molecule has 22 heavy (non-hydrogen) atoms. The fourth-order valence-corrected chi connectivity index (χ4v) is 3.93. The average Bonchev–Trinajstić information content (AvgIpc) is 3.18. The first-order chi connectivity index (χ1) is 10.5. The van der Waals surface area contributed by atoms with Crippen molar-refractivity contribution in [3.63, 3.8) is 0 Å². The molecule has 2 fully saturated rings. The lowest BCUT2D eigenvalue weighted by Gasteiger charge is -2.30. The third-order valence-electron chi connectivity index (χ3n) is 5.24. The minimum Gasteiger partial charge on any atom is -0.336 e. The minimum absolute atomic E-state index is 0.214. The summed E-state index contributed by atoms with van der Waals surface area (Å²) < 4.78 is 0. The molecule has 3 nitrogen and oxygen atoms in total. The van der Waals surface area contributed by atoms with Crippen LogP contribution in [-0.2, 0) is 11.3 Å². The van der Waals surface area contributed by atoms with E-state index in [1.165, 1.54) is 0 Å². The number of rotatable bonds is 4. The van der Waals surface area contributed by atoms with Gasteiger partial charge in [-0.2, -0.15) is 0 Å². The molecular weight excluding hydrogens is 296 g/mol. The highest BCUT2D eigenvalue weighted by atomic mass is 35.5. The number of carbonyl (C=O) groups excluding carboxylic acids is 1. The van der Waals surface area contributed by atoms with Gasteiger partial charge in [-0.3, -0.25) is 4.79 Å². The molecular formula is C18H25ClN2O. The number of amides is 1. The molecule has 3 rings (SSSR count). The van der Waals surface area contributed by atoms with Crippen LogP contribution in [0, 0.1) is 11.3 Å². The predicted molar refractivity (Wildman–Crippen MR) is 89.8 cm³/mol. The second-order valence-corrected chi connectivity index (χ2v) is 7.50. The van der Waals surface area contributed by atoms with E-state index in [9.17, 15) is 4.79 Å². The molecule has 2 aliphatic rings. The van der Waals surface area contributed by atoms with Gasteiger partial charge in [-0.05, 0) is 69.3 Å². The second kappa shape index (κ2) is 6.21. The van der Waals surface area contributed by atoms with Crippen LogP contribution in [0.1, 0.15) is 38.7 Å². The van der Waals surface area contributed by atoms with Crippen molar-refractivity contribution in [1.82, 2.24) is 10.2 Å². The molecule has 1 N–H and O–H groups in total. The van der Waals surface area contributed by atoms with E-state index in [0.717, 1.165) is 42.9 Å². The van der Waals surface area contributed by atoms with Crippen LogP contribution >= 0.6 is 11.6 Å². The zero-order valence-corrected chi connectivity index (χ0v) is 14.2. The Morgan fingerprint density at radius 2 is 2.14 bits per heavy atom. The molecule has 1 saturated heterocycles. The van der Waals surface area contributed by atoms with Gasteiger partial charge in [-0.25, -0.2) is 0 Å². The fourth-order valence-electron chi connectivity index (χ4n) is 3.72. The van der Waals surface area contributed by atoms with Gasteiger partial charge in [0, 0.05) is 23.5 Å². The molecule has 1 aliphatic carbocycles. The molecule has 120 valence electrons. The Morgan fingerprint density at radius 3 is 2.77 bits per heavy atom. The van der Waals surface area contributed by atoms with Gasteiger partial charge in [-0.1, -0.05) is 23.7 Å². The molecule has 1 aliphatic heterocycles. The zero-order valence-electron chi connectivity index (χ0n) is 13.4. The third-order valence-corrected chi connectivity index (χ3v) is 5.47. The number of hydrogen-bond donors (Lipinski definition) is 1. The van der Waals surface area contributed by atoms with E-state index in [-0.39, 0.29) is 12.0 Å². The van der Waals surface area contributed by atoms with Gasteiger partial charge >= 0.3 is 0 Å². The first-order valence-corrected chi connectivity index (χ1v) is 8.65. The van der Waals surface area contributed by atoms with Crippen molar-refractivity contribution < 1.29 is 4.79 Å². The van der Waals surface area contributed by atoms with Gasteiger partial charge in [0.25, 0.3) is 0 Å². The smallest absolute Gasteiger partial charge is 0.226 e. The molecule has 1 unspecified atom stereocenters. The maximum absolute atomic E-state index is 13.0. The minimum atomic E-state index is 0.214. The number of nitrogens with zero attached hydrogens (tertiary/aromatic N) is 1. The van der Waals surface area contributed by atoms with Crippen LogP contribution < -0.4 is 5.32 Å². The molecule has 0 bridgehead atoms. The summed E-state index contributed by atoms with van der Waals surface area (Å²) in [5.41, 5.74) is 1.40. The quantitative estimate of drug-likeness (QED) is 0.921. The second-order valence-electron chi connectivity index (χ2n) is 7.06. The summed E-state index contributed by atoms with van der Waals surface area (Å²) in [6.45, 7) is 6.96. The lowest BCUT2D eigenvalue weighted by molar-refractivity contribution is -0.136. The van der Waals surface area contributed by atoms with Crippen molar-refractivity contribution >= 4 is 17.5 Å². The number of halogens is 1. The van der Waals surface area contributed by atoms with E-state index in [2.05, 4.69) is 19.2 Å². The van der Waals surface area contributed by atoms with Gasteiger partial charge in [0.05, 0.1) is 0 Å². The topological polar surface area (TPSA) is 32.3 Å². The van der Waals surface area contributed by atoms with Crippen molar-refractivity contribution in [3.05, 3.63) is 34.9 Å². The van der Waals surface area contributed by atoms with Crippen molar-refractivity contribution in [1.29, 1.82) is 0 Å². The highest BCUT2D eigenvalue weighted by molar-refractivity contribution is 6.30. The first-order valence-electron chi connectivity index (χ1n) is 8.27. The van der Waals surface area contributed by atoms with Crippen molar-refractivity contribution in [2.24, 2.45) is 11.3 Å². The Bertz CT molecular complexity index is 552. The lowest BCUT2D eigenvalue weighted by atomic mass is 9.91. The lowest BCUT2D eigenvalue weighted by Crippen LogP contribution is -2.40. The molecule has 4 heteroatoms. The molecule has 1 heterocycles. The summed E-state index contributed by atoms with van der Waals surface area (Å²) in [6.07, 6.45) is 3.37. The Kier molecular flexibility index (Phi) is 4.47. The molecule has 1 amide bonds. The summed E-state index contributed by atoms with van der Waals surface area (Å²) >= 11 is 6.07. The summed E-state index contributed by atoms with van der Waals surface area (Å²) in [5, 5.41) is 4.13. The molecule has 1 saturated carbocycles. The van der Waals surface area contributed by atoms with Gasteiger partial charge in [0.1, 0.15) is 0 Å². The normalized spacial score (nSPS) is 22.8. The molecule has 1 spiro atoms. The SMILES string of the molecule is CC(C)N(Cc1cccc(Cl)c1)C(=O)C1CC12CCNCC2. The van der Waals surface area contributed by atoms with E-state index in [1.54, 1.807) is 0 Å². The molecule has 1 aromatic carbocycles. The van der Waals surface area contributed by atoms with Crippen LogP contribution in [0.25, 0.3) is 0 Å². The Morgan fingerprint density at radius 1 is 1.41 bits per heavy atom. The summed E-state index contributed by atoms with van der Waals surface area (Å²) in [6, 6.07) is 8.04. The monoisotopic (exact) mass is 320 g/mol. The van der Waals surface area contributed by atoms with Gasteiger partial charge in [0.15, 0.2) is 0 Å². The highest BCUT2D eigenvalue weighted by Crippen LogP contribution is 2.59. The van der Waals surface area contributed by atoms with Gasteiger partial charge in [0.2, 0.25) is 5.91 Å². The first kappa shape index (κ1) is 15.8. The zero-order chi connectivity index (χ0) is 15.7. The number of piperidine rings is 1. The van der Waals surface area contributed by atoms with Crippen LogP contribution in [0.2, 0.25) is 5.02 Å². The van der Waals surface area contributed by atoms with Crippen LogP contribution in [-0.4, -0.2) is 29.9 Å². The molecule has 1 atom stereocenters. The summed E-state index contributed by atoms with van der Waals surface area (Å²) in [7, 11) is 0. The van der Waals surface area contributed by atoms with Gasteiger partial charge in [-0.15, -0.1) is 0 Å². The average molecular weight is 321 g/mol. The third kappa shape index (κ3) is 3.16.